The Hall–Kier alpha value is -1.40. The number of carbonyl (C=O) groups excluding carboxylic acids is 1. The van der Waals surface area contributed by atoms with Crippen LogP contribution in [0.3, 0.4) is 0 Å². The predicted octanol–water partition coefficient (Wildman–Crippen LogP) is 1.17. The molecule has 1 aromatic heterocycles. The number of rotatable bonds is 6. The van der Waals surface area contributed by atoms with E-state index < -0.39 is 0 Å². The van der Waals surface area contributed by atoms with E-state index >= 15 is 0 Å². The molecule has 0 spiro atoms. The summed E-state index contributed by atoms with van der Waals surface area (Å²) in [6, 6.07) is 0.253. The number of carbonyl (C=O) groups is 1. The molecule has 2 aliphatic rings. The third-order valence-corrected chi connectivity index (χ3v) is 4.81. The van der Waals surface area contributed by atoms with Crippen LogP contribution in [0.15, 0.2) is 0 Å². The number of nitrogens with zero attached hydrogens (tertiary/aromatic N) is 2. The zero-order valence-electron chi connectivity index (χ0n) is 13.3. The molecule has 3 rings (SSSR count). The van der Waals surface area contributed by atoms with Gasteiger partial charge >= 0.3 is 0 Å². The molecular formula is C16H26N4O2. The van der Waals surface area contributed by atoms with Gasteiger partial charge in [0.1, 0.15) is 0 Å². The molecule has 1 atom stereocenters. The lowest BCUT2D eigenvalue weighted by atomic mass is 10.0. The predicted molar refractivity (Wildman–Crippen MR) is 83.9 cm³/mol. The highest BCUT2D eigenvalue weighted by molar-refractivity contribution is 5.96. The van der Waals surface area contributed by atoms with Crippen LogP contribution in [0, 0.1) is 6.92 Å². The first kappa shape index (κ1) is 15.5. The zero-order chi connectivity index (χ0) is 15.5. The Kier molecular flexibility index (Phi) is 4.78. The molecule has 122 valence electrons. The molecule has 2 fully saturated rings. The Labute approximate surface area is 131 Å². The highest BCUT2D eigenvalue weighted by Gasteiger charge is 2.32. The van der Waals surface area contributed by atoms with Crippen LogP contribution >= 0.6 is 0 Å². The number of hydrogen-bond donors (Lipinski definition) is 3. The van der Waals surface area contributed by atoms with E-state index in [9.17, 15) is 9.90 Å². The van der Waals surface area contributed by atoms with Crippen LogP contribution in [-0.4, -0.2) is 58.4 Å². The fourth-order valence-corrected chi connectivity index (χ4v) is 3.35. The maximum atomic E-state index is 12.4. The van der Waals surface area contributed by atoms with Crippen LogP contribution in [0.25, 0.3) is 0 Å². The number of amides is 1. The number of aliphatic hydroxyl groups excluding tert-OH is 1. The summed E-state index contributed by atoms with van der Waals surface area (Å²) >= 11 is 0. The van der Waals surface area contributed by atoms with Gasteiger partial charge in [-0.3, -0.25) is 14.8 Å². The third kappa shape index (κ3) is 3.33. The molecule has 1 amide bonds. The molecule has 1 aliphatic heterocycles. The molecule has 2 heterocycles. The summed E-state index contributed by atoms with van der Waals surface area (Å²) in [5, 5.41) is 19.7. The normalized spacial score (nSPS) is 22.7. The highest BCUT2D eigenvalue weighted by Crippen LogP contribution is 2.41. The second-order valence-electron chi connectivity index (χ2n) is 6.51. The molecule has 1 saturated heterocycles. The summed E-state index contributed by atoms with van der Waals surface area (Å²) in [4.78, 5) is 14.7. The minimum atomic E-state index is -0.0225. The SMILES string of the molecule is Cc1[nH]nc(C2CC2)c1C(=O)NCCN1CCCCC1CO. The third-order valence-electron chi connectivity index (χ3n) is 4.81. The van der Waals surface area contributed by atoms with Gasteiger partial charge in [0.2, 0.25) is 0 Å². The van der Waals surface area contributed by atoms with Crippen LogP contribution in [0.1, 0.15) is 59.8 Å². The van der Waals surface area contributed by atoms with E-state index in [1.54, 1.807) is 0 Å². The number of nitrogens with one attached hydrogen (secondary N) is 2. The van der Waals surface area contributed by atoms with Crippen LogP contribution in [0.2, 0.25) is 0 Å². The summed E-state index contributed by atoms with van der Waals surface area (Å²) in [5.74, 6) is 0.442. The van der Waals surface area contributed by atoms with Gasteiger partial charge in [0.15, 0.2) is 0 Å². The van der Waals surface area contributed by atoms with Gasteiger partial charge in [0.05, 0.1) is 17.9 Å². The molecule has 6 heteroatoms. The number of aromatic nitrogens is 2. The van der Waals surface area contributed by atoms with E-state index in [4.69, 9.17) is 0 Å². The standard InChI is InChI=1S/C16H26N4O2/c1-11-14(15(19-18-11)12-5-6-12)16(22)17-7-9-20-8-3-2-4-13(20)10-21/h12-13,21H,2-10H2,1H3,(H,17,22)(H,18,19). The van der Waals surface area contributed by atoms with Crippen molar-refractivity contribution in [3.8, 4) is 0 Å². The number of likely N-dealkylation sites (tertiary alicyclic amines) is 1. The monoisotopic (exact) mass is 306 g/mol. The van der Waals surface area contributed by atoms with Gasteiger partial charge < -0.3 is 10.4 Å². The fraction of sp³-hybridized carbons (Fsp3) is 0.750. The van der Waals surface area contributed by atoms with Gasteiger partial charge in [0.25, 0.3) is 5.91 Å². The van der Waals surface area contributed by atoms with Gasteiger partial charge in [-0.1, -0.05) is 6.42 Å². The molecule has 0 radical (unpaired) electrons. The molecule has 6 nitrogen and oxygen atoms in total. The quantitative estimate of drug-likeness (QED) is 0.737. The van der Waals surface area contributed by atoms with Gasteiger partial charge in [-0.05, 0) is 39.2 Å². The van der Waals surface area contributed by atoms with Crippen LogP contribution in [0.4, 0.5) is 0 Å². The minimum absolute atomic E-state index is 0.0225. The number of piperidine rings is 1. The van der Waals surface area contributed by atoms with E-state index in [2.05, 4.69) is 20.4 Å². The maximum Gasteiger partial charge on any atom is 0.255 e. The molecule has 0 aromatic carbocycles. The summed E-state index contributed by atoms with van der Waals surface area (Å²) in [6.45, 7) is 4.54. The second-order valence-corrected chi connectivity index (χ2v) is 6.51. The number of H-pyrrole nitrogens is 1. The van der Waals surface area contributed by atoms with Crippen LogP contribution < -0.4 is 5.32 Å². The second kappa shape index (κ2) is 6.79. The molecule has 1 aliphatic carbocycles. The van der Waals surface area contributed by atoms with Crippen molar-refractivity contribution in [1.29, 1.82) is 0 Å². The minimum Gasteiger partial charge on any atom is -0.395 e. The molecule has 22 heavy (non-hydrogen) atoms. The van der Waals surface area contributed by atoms with Crippen molar-refractivity contribution in [3.05, 3.63) is 17.0 Å². The van der Waals surface area contributed by atoms with Crippen LogP contribution in [0.5, 0.6) is 0 Å². The first-order chi connectivity index (χ1) is 10.7. The fourth-order valence-electron chi connectivity index (χ4n) is 3.35. The summed E-state index contributed by atoms with van der Waals surface area (Å²) < 4.78 is 0. The first-order valence-corrected chi connectivity index (χ1v) is 8.38. The van der Waals surface area contributed by atoms with E-state index in [0.29, 0.717) is 12.5 Å². The van der Waals surface area contributed by atoms with Crippen molar-refractivity contribution in [2.24, 2.45) is 0 Å². The Morgan fingerprint density at radius 1 is 1.41 bits per heavy atom. The van der Waals surface area contributed by atoms with Gasteiger partial charge in [-0.15, -0.1) is 0 Å². The average Bonchev–Trinajstić information content (AvgIpc) is 3.30. The lowest BCUT2D eigenvalue weighted by molar-refractivity contribution is 0.0848. The molecule has 0 bridgehead atoms. The Bertz CT molecular complexity index is 524. The van der Waals surface area contributed by atoms with Crippen molar-refractivity contribution in [2.45, 2.75) is 51.0 Å². The topological polar surface area (TPSA) is 81.2 Å². The lowest BCUT2D eigenvalue weighted by Gasteiger charge is -2.34. The first-order valence-electron chi connectivity index (χ1n) is 8.38. The Balaban J connectivity index is 1.53. The van der Waals surface area contributed by atoms with Gasteiger partial charge in [-0.2, -0.15) is 5.10 Å². The van der Waals surface area contributed by atoms with Crippen LogP contribution in [-0.2, 0) is 0 Å². The van der Waals surface area contributed by atoms with E-state index in [0.717, 1.165) is 49.3 Å². The average molecular weight is 306 g/mol. The lowest BCUT2D eigenvalue weighted by Crippen LogP contribution is -2.45. The molecule has 1 saturated carbocycles. The number of aromatic amines is 1. The van der Waals surface area contributed by atoms with Crippen molar-refractivity contribution < 1.29 is 9.90 Å². The smallest absolute Gasteiger partial charge is 0.255 e. The van der Waals surface area contributed by atoms with Gasteiger partial charge in [0, 0.05) is 30.7 Å². The van der Waals surface area contributed by atoms with Crippen molar-refractivity contribution in [3.63, 3.8) is 0 Å². The Morgan fingerprint density at radius 2 is 2.23 bits per heavy atom. The van der Waals surface area contributed by atoms with Crippen molar-refractivity contribution in [1.82, 2.24) is 20.4 Å². The molecule has 1 aromatic rings. The molecular weight excluding hydrogens is 280 g/mol. The molecule has 3 N–H and O–H groups in total. The van der Waals surface area contributed by atoms with E-state index in [1.807, 2.05) is 6.92 Å². The van der Waals surface area contributed by atoms with Gasteiger partial charge in [-0.25, -0.2) is 0 Å². The maximum absolute atomic E-state index is 12.4. The summed E-state index contributed by atoms with van der Waals surface area (Å²) in [6.07, 6.45) is 5.69. The number of aryl methyl sites for hydroxylation is 1. The summed E-state index contributed by atoms with van der Waals surface area (Å²) in [5.41, 5.74) is 2.52. The molecule has 1 unspecified atom stereocenters. The number of aliphatic hydroxyl groups is 1. The Morgan fingerprint density at radius 3 is 2.95 bits per heavy atom. The van der Waals surface area contributed by atoms with E-state index in [1.165, 1.54) is 12.8 Å². The summed E-state index contributed by atoms with van der Waals surface area (Å²) in [7, 11) is 0. The number of hydrogen-bond acceptors (Lipinski definition) is 4. The zero-order valence-corrected chi connectivity index (χ0v) is 13.3. The van der Waals surface area contributed by atoms with Crippen molar-refractivity contribution >= 4 is 5.91 Å². The van der Waals surface area contributed by atoms with E-state index in [-0.39, 0.29) is 18.6 Å². The van der Waals surface area contributed by atoms with Crippen molar-refractivity contribution in [2.75, 3.05) is 26.2 Å². The largest absolute Gasteiger partial charge is 0.395 e. The highest BCUT2D eigenvalue weighted by atomic mass is 16.3.